The summed E-state index contributed by atoms with van der Waals surface area (Å²) in [5, 5.41) is 2.93. The molecule has 1 aromatic rings. The highest BCUT2D eigenvalue weighted by Gasteiger charge is 2.36. The van der Waals surface area contributed by atoms with Crippen LogP contribution in [0, 0.1) is 18.2 Å². The number of aryl methyl sites for hydroxylation is 1. The molecular formula is C14H17BrFNO. The fourth-order valence-electron chi connectivity index (χ4n) is 2.44. The molecule has 98 valence electrons. The summed E-state index contributed by atoms with van der Waals surface area (Å²) in [6.45, 7) is 3.80. The lowest BCUT2D eigenvalue weighted by molar-refractivity contribution is -0.124. The molecule has 0 unspecified atom stereocenters. The predicted octanol–water partition coefficient (Wildman–Crippen LogP) is 4.42. The van der Waals surface area contributed by atoms with Gasteiger partial charge in [0.2, 0.25) is 5.91 Å². The number of halogens is 2. The van der Waals surface area contributed by atoms with E-state index in [0.717, 1.165) is 31.2 Å². The van der Waals surface area contributed by atoms with Gasteiger partial charge in [-0.3, -0.25) is 4.79 Å². The van der Waals surface area contributed by atoms with Crippen LogP contribution in [0.15, 0.2) is 16.6 Å². The van der Waals surface area contributed by atoms with Gasteiger partial charge in [0, 0.05) is 11.1 Å². The first-order chi connectivity index (χ1) is 8.42. The first-order valence-electron chi connectivity index (χ1n) is 6.19. The Hall–Kier alpha value is -0.900. The second-order valence-corrected chi connectivity index (χ2v) is 6.16. The van der Waals surface area contributed by atoms with E-state index in [9.17, 15) is 9.18 Å². The highest BCUT2D eigenvalue weighted by Crippen LogP contribution is 2.38. The monoisotopic (exact) mass is 313 g/mol. The van der Waals surface area contributed by atoms with Gasteiger partial charge in [-0.2, -0.15) is 0 Å². The number of anilines is 1. The Bertz CT molecular complexity index is 481. The molecule has 1 aromatic carbocycles. The van der Waals surface area contributed by atoms with Gasteiger partial charge < -0.3 is 5.32 Å². The van der Waals surface area contributed by atoms with Gasteiger partial charge in [-0.15, -0.1) is 0 Å². The van der Waals surface area contributed by atoms with E-state index >= 15 is 0 Å². The summed E-state index contributed by atoms with van der Waals surface area (Å²) in [6.07, 6.45) is 4.08. The van der Waals surface area contributed by atoms with Crippen LogP contribution < -0.4 is 5.32 Å². The van der Waals surface area contributed by atoms with E-state index < -0.39 is 0 Å². The van der Waals surface area contributed by atoms with Crippen molar-refractivity contribution < 1.29 is 9.18 Å². The van der Waals surface area contributed by atoms with Crippen molar-refractivity contribution in [2.45, 2.75) is 39.5 Å². The van der Waals surface area contributed by atoms with E-state index in [1.165, 1.54) is 6.07 Å². The average Bonchev–Trinajstić information content (AvgIpc) is 2.74. The van der Waals surface area contributed by atoms with Crippen LogP contribution >= 0.6 is 15.9 Å². The topological polar surface area (TPSA) is 29.1 Å². The summed E-state index contributed by atoms with van der Waals surface area (Å²) in [7, 11) is 0. The SMILES string of the molecule is Cc1cc(F)c(Br)cc1NC(=O)C1(C)CCCC1. The molecule has 2 rings (SSSR count). The molecule has 0 aromatic heterocycles. The molecule has 4 heteroatoms. The minimum Gasteiger partial charge on any atom is -0.325 e. The third-order valence-corrected chi connectivity index (χ3v) is 4.38. The minimum atomic E-state index is -0.308. The maximum atomic E-state index is 13.3. The van der Waals surface area contributed by atoms with Gasteiger partial charge >= 0.3 is 0 Å². The highest BCUT2D eigenvalue weighted by atomic mass is 79.9. The molecule has 1 saturated carbocycles. The number of nitrogens with one attached hydrogen (secondary N) is 1. The highest BCUT2D eigenvalue weighted by molar-refractivity contribution is 9.10. The number of hydrogen-bond donors (Lipinski definition) is 1. The zero-order valence-electron chi connectivity index (χ0n) is 10.6. The predicted molar refractivity (Wildman–Crippen MR) is 74.0 cm³/mol. The van der Waals surface area contributed by atoms with E-state index in [2.05, 4.69) is 21.2 Å². The molecule has 0 saturated heterocycles. The van der Waals surface area contributed by atoms with Crippen molar-refractivity contribution in [1.82, 2.24) is 0 Å². The summed E-state index contributed by atoms with van der Waals surface area (Å²) in [4.78, 5) is 12.3. The average molecular weight is 314 g/mol. The third kappa shape index (κ3) is 2.58. The molecule has 0 radical (unpaired) electrons. The summed E-state index contributed by atoms with van der Waals surface area (Å²) >= 11 is 3.14. The van der Waals surface area contributed by atoms with Gasteiger partial charge in [-0.05, 0) is 53.4 Å². The Balaban J connectivity index is 2.19. The summed E-state index contributed by atoms with van der Waals surface area (Å²) in [5.41, 5.74) is 1.15. The van der Waals surface area contributed by atoms with Crippen LogP contribution in [-0.2, 0) is 4.79 Å². The maximum Gasteiger partial charge on any atom is 0.230 e. The Kier molecular flexibility index (Phi) is 3.76. The summed E-state index contributed by atoms with van der Waals surface area (Å²) < 4.78 is 13.7. The van der Waals surface area contributed by atoms with Crippen molar-refractivity contribution >= 4 is 27.5 Å². The van der Waals surface area contributed by atoms with Crippen molar-refractivity contribution in [2.75, 3.05) is 5.32 Å². The minimum absolute atomic E-state index is 0.0432. The van der Waals surface area contributed by atoms with E-state index in [0.29, 0.717) is 10.2 Å². The van der Waals surface area contributed by atoms with Crippen molar-refractivity contribution in [3.63, 3.8) is 0 Å². The van der Waals surface area contributed by atoms with E-state index in [4.69, 9.17) is 0 Å². The van der Waals surface area contributed by atoms with Crippen LogP contribution in [0.5, 0.6) is 0 Å². The molecule has 0 aliphatic heterocycles. The second-order valence-electron chi connectivity index (χ2n) is 5.30. The lowest BCUT2D eigenvalue weighted by atomic mass is 9.87. The first-order valence-corrected chi connectivity index (χ1v) is 6.99. The standard InChI is InChI=1S/C14H17BrFNO/c1-9-7-11(16)10(15)8-12(9)17-13(18)14(2)5-3-4-6-14/h7-8H,3-6H2,1-2H3,(H,17,18). The molecule has 0 bridgehead atoms. The molecule has 0 spiro atoms. The number of carbonyl (C=O) groups excluding carboxylic acids is 1. The molecule has 1 aliphatic carbocycles. The maximum absolute atomic E-state index is 13.3. The van der Waals surface area contributed by atoms with Gasteiger partial charge in [0.05, 0.1) is 4.47 Å². The van der Waals surface area contributed by atoms with E-state index in [-0.39, 0.29) is 17.1 Å². The Morgan fingerprint density at radius 1 is 1.39 bits per heavy atom. The zero-order chi connectivity index (χ0) is 13.3. The van der Waals surface area contributed by atoms with Gasteiger partial charge in [0.1, 0.15) is 5.82 Å². The van der Waals surface area contributed by atoms with E-state index in [1.807, 2.05) is 6.92 Å². The molecule has 0 heterocycles. The number of benzene rings is 1. The summed E-state index contributed by atoms with van der Waals surface area (Å²) in [5.74, 6) is -0.265. The fourth-order valence-corrected chi connectivity index (χ4v) is 2.78. The smallest absolute Gasteiger partial charge is 0.230 e. The van der Waals surface area contributed by atoms with Crippen LogP contribution in [0.4, 0.5) is 10.1 Å². The number of rotatable bonds is 2. The normalized spacial score (nSPS) is 17.8. The fraction of sp³-hybridized carbons (Fsp3) is 0.500. The van der Waals surface area contributed by atoms with Crippen LogP contribution in [0.2, 0.25) is 0 Å². The van der Waals surface area contributed by atoms with Crippen molar-refractivity contribution in [2.24, 2.45) is 5.41 Å². The first kappa shape index (κ1) is 13.5. The third-order valence-electron chi connectivity index (χ3n) is 3.77. The lowest BCUT2D eigenvalue weighted by Crippen LogP contribution is -2.31. The van der Waals surface area contributed by atoms with Crippen LogP contribution in [0.1, 0.15) is 38.2 Å². The zero-order valence-corrected chi connectivity index (χ0v) is 12.2. The molecule has 2 nitrogen and oxygen atoms in total. The molecule has 0 atom stereocenters. The van der Waals surface area contributed by atoms with Crippen LogP contribution in [0.25, 0.3) is 0 Å². The van der Waals surface area contributed by atoms with Gasteiger partial charge in [-0.1, -0.05) is 19.8 Å². The van der Waals surface area contributed by atoms with Gasteiger partial charge in [0.25, 0.3) is 0 Å². The Morgan fingerprint density at radius 2 is 2.00 bits per heavy atom. The Morgan fingerprint density at radius 3 is 2.61 bits per heavy atom. The molecule has 1 N–H and O–H groups in total. The molecule has 1 fully saturated rings. The van der Waals surface area contributed by atoms with Gasteiger partial charge in [-0.25, -0.2) is 4.39 Å². The van der Waals surface area contributed by atoms with Gasteiger partial charge in [0.15, 0.2) is 0 Å². The molecule has 1 amide bonds. The quantitative estimate of drug-likeness (QED) is 0.860. The molecule has 18 heavy (non-hydrogen) atoms. The lowest BCUT2D eigenvalue weighted by Gasteiger charge is -2.23. The van der Waals surface area contributed by atoms with Crippen LogP contribution in [-0.4, -0.2) is 5.91 Å². The largest absolute Gasteiger partial charge is 0.325 e. The van der Waals surface area contributed by atoms with Crippen molar-refractivity contribution in [3.05, 3.63) is 28.0 Å². The van der Waals surface area contributed by atoms with Crippen LogP contribution in [0.3, 0.4) is 0 Å². The van der Waals surface area contributed by atoms with Crippen molar-refractivity contribution in [3.8, 4) is 0 Å². The van der Waals surface area contributed by atoms with E-state index in [1.54, 1.807) is 13.0 Å². The van der Waals surface area contributed by atoms with Crippen molar-refractivity contribution in [1.29, 1.82) is 0 Å². The summed E-state index contributed by atoms with van der Waals surface area (Å²) in [6, 6.07) is 3.05. The molecule has 1 aliphatic rings. The molecular weight excluding hydrogens is 297 g/mol. The number of hydrogen-bond acceptors (Lipinski definition) is 1. The Labute approximate surface area is 115 Å². The second kappa shape index (κ2) is 5.00. The number of amides is 1. The number of carbonyl (C=O) groups is 1.